The lowest BCUT2D eigenvalue weighted by atomic mass is 9.87. The van der Waals surface area contributed by atoms with Crippen LogP contribution in [0.4, 0.5) is 0 Å². The average Bonchev–Trinajstić information content (AvgIpc) is 2.75. The number of rotatable bonds is 5. The van der Waals surface area contributed by atoms with E-state index < -0.39 is 11.9 Å². The van der Waals surface area contributed by atoms with E-state index in [1.54, 1.807) is 0 Å². The first-order valence-corrected chi connectivity index (χ1v) is 6.76. The van der Waals surface area contributed by atoms with Crippen molar-refractivity contribution in [2.75, 3.05) is 6.61 Å². The molecule has 102 valence electrons. The molecule has 0 aromatic heterocycles. The Kier molecular flexibility index (Phi) is 4.22. The number of ether oxygens (including phenoxy) is 1. The summed E-state index contributed by atoms with van der Waals surface area (Å²) < 4.78 is 5.43. The van der Waals surface area contributed by atoms with Crippen LogP contribution in [0.25, 0.3) is 0 Å². The van der Waals surface area contributed by atoms with Crippen molar-refractivity contribution in [3.63, 3.8) is 0 Å². The Hall–Kier alpha value is -1.10. The largest absolute Gasteiger partial charge is 0.481 e. The first-order valence-electron chi connectivity index (χ1n) is 6.76. The highest BCUT2D eigenvalue weighted by Crippen LogP contribution is 2.33. The van der Waals surface area contributed by atoms with E-state index in [1.165, 1.54) is 0 Å². The van der Waals surface area contributed by atoms with Crippen LogP contribution in [0.2, 0.25) is 0 Å². The third kappa shape index (κ3) is 2.83. The number of carboxylic acid groups (broad SMARTS) is 1. The van der Waals surface area contributed by atoms with E-state index >= 15 is 0 Å². The molecule has 18 heavy (non-hydrogen) atoms. The van der Waals surface area contributed by atoms with Crippen molar-refractivity contribution >= 4 is 11.9 Å². The van der Waals surface area contributed by atoms with E-state index in [-0.39, 0.29) is 24.0 Å². The van der Waals surface area contributed by atoms with Crippen LogP contribution in [0.15, 0.2) is 0 Å². The number of carbonyl (C=O) groups excluding carboxylic acids is 1. The summed E-state index contributed by atoms with van der Waals surface area (Å²) in [6.45, 7) is 2.66. The van der Waals surface area contributed by atoms with Crippen molar-refractivity contribution in [3.05, 3.63) is 0 Å². The topological polar surface area (TPSA) is 75.6 Å². The minimum absolute atomic E-state index is 0.0835. The molecule has 2 aliphatic rings. The molecule has 1 amide bonds. The molecule has 0 aliphatic heterocycles. The summed E-state index contributed by atoms with van der Waals surface area (Å²) in [4.78, 5) is 23.0. The highest BCUT2D eigenvalue weighted by molar-refractivity contribution is 5.85. The molecule has 5 heteroatoms. The van der Waals surface area contributed by atoms with E-state index in [0.717, 1.165) is 19.3 Å². The Morgan fingerprint density at radius 3 is 2.56 bits per heavy atom. The Balaban J connectivity index is 1.77. The van der Waals surface area contributed by atoms with Crippen molar-refractivity contribution in [1.29, 1.82) is 0 Å². The normalized spacial score (nSPS) is 34.9. The van der Waals surface area contributed by atoms with Gasteiger partial charge in [0.1, 0.15) is 0 Å². The lowest BCUT2D eigenvalue weighted by molar-refractivity contribution is -0.146. The second-order valence-electron chi connectivity index (χ2n) is 5.24. The molecule has 0 aromatic rings. The number of aliphatic carboxylic acids is 1. The standard InChI is InChI=1S/C13H21NO4/c1-2-18-9-6-8(7-9)14-12(15)10-4-3-5-11(10)13(16)17/h8-11H,2-7H2,1H3,(H,14,15)(H,16,17). The van der Waals surface area contributed by atoms with Gasteiger partial charge < -0.3 is 15.2 Å². The van der Waals surface area contributed by atoms with Crippen LogP contribution in [0.3, 0.4) is 0 Å². The second-order valence-corrected chi connectivity index (χ2v) is 5.24. The maximum Gasteiger partial charge on any atom is 0.307 e. The van der Waals surface area contributed by atoms with E-state index in [9.17, 15) is 9.59 Å². The molecule has 0 aromatic carbocycles. The Morgan fingerprint density at radius 2 is 1.94 bits per heavy atom. The number of nitrogens with one attached hydrogen (secondary N) is 1. The molecule has 0 radical (unpaired) electrons. The van der Waals surface area contributed by atoms with E-state index in [1.807, 2.05) is 6.92 Å². The van der Waals surface area contributed by atoms with Gasteiger partial charge in [0.05, 0.1) is 17.9 Å². The van der Waals surface area contributed by atoms with Gasteiger partial charge in [-0.2, -0.15) is 0 Å². The summed E-state index contributed by atoms with van der Waals surface area (Å²) in [5, 5.41) is 12.0. The number of carbonyl (C=O) groups is 2. The lowest BCUT2D eigenvalue weighted by Crippen LogP contribution is -2.50. The Morgan fingerprint density at radius 1 is 1.28 bits per heavy atom. The number of hydrogen-bond donors (Lipinski definition) is 2. The fraction of sp³-hybridized carbons (Fsp3) is 0.846. The molecule has 5 nitrogen and oxygen atoms in total. The van der Waals surface area contributed by atoms with Gasteiger partial charge >= 0.3 is 5.97 Å². The second kappa shape index (κ2) is 5.69. The molecule has 0 saturated heterocycles. The van der Waals surface area contributed by atoms with Crippen LogP contribution >= 0.6 is 0 Å². The summed E-state index contributed by atoms with van der Waals surface area (Å²) in [5.41, 5.74) is 0. The van der Waals surface area contributed by atoms with Gasteiger partial charge in [-0.05, 0) is 32.6 Å². The Bertz CT molecular complexity index is 325. The third-order valence-corrected chi connectivity index (χ3v) is 4.01. The highest BCUT2D eigenvalue weighted by Gasteiger charge is 2.40. The summed E-state index contributed by atoms with van der Waals surface area (Å²) in [7, 11) is 0. The van der Waals surface area contributed by atoms with Gasteiger partial charge in [-0.25, -0.2) is 0 Å². The monoisotopic (exact) mass is 255 g/mol. The molecule has 2 saturated carbocycles. The molecule has 2 atom stereocenters. The van der Waals surface area contributed by atoms with Gasteiger partial charge in [0.2, 0.25) is 5.91 Å². The van der Waals surface area contributed by atoms with E-state index in [2.05, 4.69) is 5.32 Å². The SMILES string of the molecule is CCOC1CC(NC(=O)C2CCCC2C(=O)O)C1. The van der Waals surface area contributed by atoms with Crippen molar-refractivity contribution < 1.29 is 19.4 Å². The van der Waals surface area contributed by atoms with Crippen LogP contribution in [-0.4, -0.2) is 35.7 Å². The molecule has 0 heterocycles. The van der Waals surface area contributed by atoms with Crippen molar-refractivity contribution in [3.8, 4) is 0 Å². The zero-order valence-corrected chi connectivity index (χ0v) is 10.7. The van der Waals surface area contributed by atoms with Gasteiger partial charge in [-0.1, -0.05) is 6.42 Å². The molecule has 0 spiro atoms. The van der Waals surface area contributed by atoms with Gasteiger partial charge in [0.15, 0.2) is 0 Å². The molecule has 2 rings (SSSR count). The molecule has 2 unspecified atom stereocenters. The molecule has 2 fully saturated rings. The zero-order chi connectivity index (χ0) is 13.1. The molecule has 2 N–H and O–H groups in total. The molecular formula is C13H21NO4. The highest BCUT2D eigenvalue weighted by atomic mass is 16.5. The third-order valence-electron chi connectivity index (χ3n) is 4.01. The molecule has 2 aliphatic carbocycles. The van der Waals surface area contributed by atoms with E-state index in [4.69, 9.17) is 9.84 Å². The minimum atomic E-state index is -0.839. The minimum Gasteiger partial charge on any atom is -0.481 e. The maximum absolute atomic E-state index is 12.0. The smallest absolute Gasteiger partial charge is 0.307 e. The summed E-state index contributed by atoms with van der Waals surface area (Å²) >= 11 is 0. The van der Waals surface area contributed by atoms with E-state index in [0.29, 0.717) is 19.4 Å². The fourth-order valence-corrected chi connectivity index (χ4v) is 2.93. The van der Waals surface area contributed by atoms with Crippen molar-refractivity contribution in [1.82, 2.24) is 5.32 Å². The fourth-order valence-electron chi connectivity index (χ4n) is 2.93. The van der Waals surface area contributed by atoms with Crippen molar-refractivity contribution in [2.24, 2.45) is 11.8 Å². The van der Waals surface area contributed by atoms with Crippen LogP contribution in [0.1, 0.15) is 39.0 Å². The summed E-state index contributed by atoms with van der Waals surface area (Å²) in [6, 6.07) is 0.170. The van der Waals surface area contributed by atoms with Gasteiger partial charge in [-0.15, -0.1) is 0 Å². The predicted molar refractivity (Wildman–Crippen MR) is 65.0 cm³/mol. The summed E-state index contributed by atoms with van der Waals surface area (Å²) in [6.07, 6.45) is 4.12. The van der Waals surface area contributed by atoms with Gasteiger partial charge in [0.25, 0.3) is 0 Å². The van der Waals surface area contributed by atoms with Crippen LogP contribution in [-0.2, 0) is 14.3 Å². The number of amides is 1. The van der Waals surface area contributed by atoms with Crippen LogP contribution in [0.5, 0.6) is 0 Å². The van der Waals surface area contributed by atoms with Gasteiger partial charge in [-0.3, -0.25) is 9.59 Å². The maximum atomic E-state index is 12.0. The molecular weight excluding hydrogens is 234 g/mol. The lowest BCUT2D eigenvalue weighted by Gasteiger charge is -2.36. The Labute approximate surface area is 107 Å². The summed E-state index contributed by atoms with van der Waals surface area (Å²) in [5.74, 6) is -1.75. The van der Waals surface area contributed by atoms with Crippen molar-refractivity contribution in [2.45, 2.75) is 51.2 Å². The average molecular weight is 255 g/mol. The number of hydrogen-bond acceptors (Lipinski definition) is 3. The van der Waals surface area contributed by atoms with Gasteiger partial charge in [0, 0.05) is 12.6 Å². The molecule has 0 bridgehead atoms. The zero-order valence-electron chi connectivity index (χ0n) is 10.7. The number of carboxylic acids is 1. The quantitative estimate of drug-likeness (QED) is 0.773. The first kappa shape index (κ1) is 13.3. The first-order chi connectivity index (χ1) is 8.61. The predicted octanol–water partition coefficient (Wildman–Crippen LogP) is 1.17. The van der Waals surface area contributed by atoms with Crippen LogP contribution in [0, 0.1) is 11.8 Å². The van der Waals surface area contributed by atoms with Crippen LogP contribution < -0.4 is 5.32 Å².